The number of piperidine rings is 1. The van der Waals surface area contributed by atoms with Crippen LogP contribution in [0.25, 0.3) is 0 Å². The van der Waals surface area contributed by atoms with Crippen LogP contribution in [0.1, 0.15) is 36.9 Å². The van der Waals surface area contributed by atoms with Crippen LogP contribution in [0, 0.1) is 12.8 Å². The molecule has 0 unspecified atom stereocenters. The van der Waals surface area contributed by atoms with Crippen molar-refractivity contribution in [1.29, 1.82) is 0 Å². The van der Waals surface area contributed by atoms with Crippen molar-refractivity contribution in [1.82, 2.24) is 15.2 Å². The van der Waals surface area contributed by atoms with Crippen LogP contribution in [-0.2, 0) is 11.2 Å². The lowest BCUT2D eigenvalue weighted by atomic mass is 10.0. The molecular formula is C17H25N3O. The van der Waals surface area contributed by atoms with Gasteiger partial charge in [-0.05, 0) is 56.7 Å². The van der Waals surface area contributed by atoms with E-state index in [1.165, 1.54) is 19.4 Å². The number of carbonyl (C=O) groups is 1. The summed E-state index contributed by atoms with van der Waals surface area (Å²) in [5.41, 5.74) is 2.02. The first kappa shape index (κ1) is 14.5. The van der Waals surface area contributed by atoms with E-state index in [9.17, 15) is 4.79 Å². The van der Waals surface area contributed by atoms with Gasteiger partial charge in [0.1, 0.15) is 0 Å². The lowest BCUT2D eigenvalue weighted by Gasteiger charge is -2.32. The third-order valence-electron chi connectivity index (χ3n) is 4.68. The molecule has 1 amide bonds. The van der Waals surface area contributed by atoms with Gasteiger partial charge < -0.3 is 10.2 Å². The molecule has 1 saturated carbocycles. The van der Waals surface area contributed by atoms with Gasteiger partial charge in [-0.2, -0.15) is 0 Å². The average molecular weight is 287 g/mol. The molecule has 3 rings (SSSR count). The molecule has 0 atom stereocenters. The normalized spacial score (nSPS) is 19.8. The molecule has 0 radical (unpaired) electrons. The fraction of sp³-hybridized carbons (Fsp3) is 0.647. The van der Waals surface area contributed by atoms with Gasteiger partial charge in [0, 0.05) is 25.3 Å². The number of carbonyl (C=O) groups excluding carboxylic acids is 1. The first-order valence-corrected chi connectivity index (χ1v) is 8.14. The minimum Gasteiger partial charge on any atom is -0.342 e. The molecule has 1 aliphatic carbocycles. The summed E-state index contributed by atoms with van der Waals surface area (Å²) in [7, 11) is 0. The van der Waals surface area contributed by atoms with E-state index in [0.717, 1.165) is 43.1 Å². The zero-order valence-corrected chi connectivity index (χ0v) is 12.8. The molecule has 4 nitrogen and oxygen atoms in total. The first-order chi connectivity index (χ1) is 10.2. The fourth-order valence-corrected chi connectivity index (χ4v) is 2.95. The van der Waals surface area contributed by atoms with Crippen molar-refractivity contribution in [2.75, 3.05) is 19.6 Å². The molecular weight excluding hydrogens is 262 g/mol. The monoisotopic (exact) mass is 287 g/mol. The zero-order chi connectivity index (χ0) is 14.7. The number of likely N-dealkylation sites (tertiary alicyclic amines) is 1. The Morgan fingerprint density at radius 1 is 1.33 bits per heavy atom. The SMILES string of the molecule is Cc1cccnc1CC(=O)N1CCC(NCC2CC2)CC1. The number of aromatic nitrogens is 1. The van der Waals surface area contributed by atoms with Gasteiger partial charge >= 0.3 is 0 Å². The van der Waals surface area contributed by atoms with Gasteiger partial charge in [-0.15, -0.1) is 0 Å². The first-order valence-electron chi connectivity index (χ1n) is 8.14. The molecule has 0 bridgehead atoms. The van der Waals surface area contributed by atoms with Crippen molar-refractivity contribution in [3.63, 3.8) is 0 Å². The Morgan fingerprint density at radius 2 is 2.10 bits per heavy atom. The second-order valence-electron chi connectivity index (χ2n) is 6.45. The molecule has 1 N–H and O–H groups in total. The van der Waals surface area contributed by atoms with Crippen molar-refractivity contribution in [3.8, 4) is 0 Å². The summed E-state index contributed by atoms with van der Waals surface area (Å²) in [4.78, 5) is 18.7. The minimum absolute atomic E-state index is 0.220. The topological polar surface area (TPSA) is 45.2 Å². The van der Waals surface area contributed by atoms with E-state index in [1.807, 2.05) is 24.0 Å². The summed E-state index contributed by atoms with van der Waals surface area (Å²) in [5.74, 6) is 1.15. The largest absolute Gasteiger partial charge is 0.342 e. The number of rotatable bonds is 5. The number of hydrogen-bond donors (Lipinski definition) is 1. The van der Waals surface area contributed by atoms with Crippen molar-refractivity contribution < 1.29 is 4.79 Å². The number of aryl methyl sites for hydroxylation is 1. The maximum absolute atomic E-state index is 12.4. The smallest absolute Gasteiger partial charge is 0.228 e. The molecule has 1 saturated heterocycles. The fourth-order valence-electron chi connectivity index (χ4n) is 2.95. The molecule has 1 aliphatic heterocycles. The lowest BCUT2D eigenvalue weighted by molar-refractivity contribution is -0.131. The average Bonchev–Trinajstić information content (AvgIpc) is 3.32. The van der Waals surface area contributed by atoms with Crippen LogP contribution < -0.4 is 5.32 Å². The third-order valence-corrected chi connectivity index (χ3v) is 4.68. The van der Waals surface area contributed by atoms with Gasteiger partial charge in [-0.25, -0.2) is 0 Å². The van der Waals surface area contributed by atoms with Gasteiger partial charge in [0.2, 0.25) is 5.91 Å². The standard InChI is InChI=1S/C17H25N3O/c1-13-3-2-8-18-16(13)11-17(21)20-9-6-15(7-10-20)19-12-14-4-5-14/h2-3,8,14-15,19H,4-7,9-12H2,1H3. The second-order valence-corrected chi connectivity index (χ2v) is 6.45. The highest BCUT2D eigenvalue weighted by Gasteiger charge is 2.26. The van der Waals surface area contributed by atoms with Crippen molar-refractivity contribution >= 4 is 5.91 Å². The van der Waals surface area contributed by atoms with Crippen LogP contribution >= 0.6 is 0 Å². The molecule has 0 spiro atoms. The molecule has 1 aromatic rings. The molecule has 2 fully saturated rings. The summed E-state index contributed by atoms with van der Waals surface area (Å²) in [6.07, 6.45) is 7.16. The molecule has 21 heavy (non-hydrogen) atoms. The van der Waals surface area contributed by atoms with E-state index in [1.54, 1.807) is 6.20 Å². The Kier molecular flexibility index (Phi) is 4.54. The van der Waals surface area contributed by atoms with Gasteiger partial charge in [0.15, 0.2) is 0 Å². The summed E-state index contributed by atoms with van der Waals surface area (Å²) >= 11 is 0. The van der Waals surface area contributed by atoms with Gasteiger partial charge in [0.05, 0.1) is 12.1 Å². The number of nitrogens with one attached hydrogen (secondary N) is 1. The third kappa shape index (κ3) is 4.03. The Bertz CT molecular complexity index is 491. The van der Waals surface area contributed by atoms with Crippen LogP contribution in [0.5, 0.6) is 0 Å². The zero-order valence-electron chi connectivity index (χ0n) is 12.8. The highest BCUT2D eigenvalue weighted by Crippen LogP contribution is 2.28. The Hall–Kier alpha value is -1.42. The van der Waals surface area contributed by atoms with Crippen molar-refractivity contribution in [2.45, 2.75) is 45.1 Å². The van der Waals surface area contributed by atoms with E-state index in [4.69, 9.17) is 0 Å². The molecule has 2 heterocycles. The maximum atomic E-state index is 12.4. The summed E-state index contributed by atoms with van der Waals surface area (Å²) in [6, 6.07) is 4.54. The van der Waals surface area contributed by atoms with Crippen molar-refractivity contribution in [3.05, 3.63) is 29.6 Å². The highest BCUT2D eigenvalue weighted by atomic mass is 16.2. The van der Waals surface area contributed by atoms with Gasteiger partial charge in [-0.3, -0.25) is 9.78 Å². The van der Waals surface area contributed by atoms with E-state index in [0.29, 0.717) is 12.5 Å². The van der Waals surface area contributed by atoms with Gasteiger partial charge in [-0.1, -0.05) is 6.07 Å². The molecule has 0 aromatic carbocycles. The number of pyridine rings is 1. The summed E-state index contributed by atoms with van der Waals surface area (Å²) in [5, 5.41) is 3.65. The van der Waals surface area contributed by atoms with Crippen LogP contribution in [0.15, 0.2) is 18.3 Å². The summed E-state index contributed by atoms with van der Waals surface area (Å²) in [6.45, 7) is 4.95. The van der Waals surface area contributed by atoms with Crippen molar-refractivity contribution in [2.24, 2.45) is 5.92 Å². The number of hydrogen-bond acceptors (Lipinski definition) is 3. The van der Waals surface area contributed by atoms with Crippen LogP contribution in [0.4, 0.5) is 0 Å². The van der Waals surface area contributed by atoms with Crippen LogP contribution in [-0.4, -0.2) is 41.5 Å². The van der Waals surface area contributed by atoms with E-state index in [2.05, 4.69) is 10.3 Å². The van der Waals surface area contributed by atoms with Crippen LogP contribution in [0.3, 0.4) is 0 Å². The Balaban J connectivity index is 1.45. The lowest BCUT2D eigenvalue weighted by Crippen LogP contribution is -2.45. The highest BCUT2D eigenvalue weighted by molar-refractivity contribution is 5.78. The maximum Gasteiger partial charge on any atom is 0.228 e. The molecule has 4 heteroatoms. The quantitative estimate of drug-likeness (QED) is 0.900. The predicted octanol–water partition coefficient (Wildman–Crippen LogP) is 1.92. The molecule has 114 valence electrons. The van der Waals surface area contributed by atoms with E-state index >= 15 is 0 Å². The number of amides is 1. The minimum atomic E-state index is 0.220. The second kappa shape index (κ2) is 6.56. The van der Waals surface area contributed by atoms with E-state index in [-0.39, 0.29) is 5.91 Å². The summed E-state index contributed by atoms with van der Waals surface area (Å²) < 4.78 is 0. The Morgan fingerprint density at radius 3 is 2.76 bits per heavy atom. The molecule has 1 aromatic heterocycles. The predicted molar refractivity (Wildman–Crippen MR) is 83.0 cm³/mol. The molecule has 2 aliphatic rings. The van der Waals surface area contributed by atoms with E-state index < -0.39 is 0 Å². The number of nitrogens with zero attached hydrogens (tertiary/aromatic N) is 2. The van der Waals surface area contributed by atoms with Crippen LogP contribution in [0.2, 0.25) is 0 Å². The Labute approximate surface area is 126 Å². The van der Waals surface area contributed by atoms with Gasteiger partial charge in [0.25, 0.3) is 0 Å².